The third kappa shape index (κ3) is 2.11. The van der Waals surface area contributed by atoms with Crippen LogP contribution in [0, 0.1) is 13.8 Å². The molecule has 0 bridgehead atoms. The lowest BCUT2D eigenvalue weighted by Gasteiger charge is -2.30. The van der Waals surface area contributed by atoms with Crippen LogP contribution in [0.3, 0.4) is 0 Å². The van der Waals surface area contributed by atoms with E-state index in [1.54, 1.807) is 0 Å². The molecule has 1 aliphatic carbocycles. The van der Waals surface area contributed by atoms with Gasteiger partial charge in [-0.2, -0.15) is 0 Å². The van der Waals surface area contributed by atoms with E-state index in [4.69, 9.17) is 4.74 Å². The minimum atomic E-state index is -0.717. The zero-order chi connectivity index (χ0) is 20.5. The normalized spacial score (nSPS) is 17.7. The molecule has 4 aromatic rings. The number of fused-ring (bicyclic) bond motifs is 4. The van der Waals surface area contributed by atoms with Crippen LogP contribution >= 0.6 is 0 Å². The van der Waals surface area contributed by atoms with Gasteiger partial charge in [0.25, 0.3) is 0 Å². The molecule has 1 saturated carbocycles. The number of ether oxygens (including phenoxy) is 1. The fourth-order valence-corrected chi connectivity index (χ4v) is 5.02. The number of rotatable bonds is 2. The molecule has 3 aromatic carbocycles. The quantitative estimate of drug-likeness (QED) is 0.482. The Morgan fingerprint density at radius 1 is 0.800 bits per heavy atom. The molecule has 6 rings (SSSR count). The van der Waals surface area contributed by atoms with E-state index in [2.05, 4.69) is 67.5 Å². The smallest absolute Gasteiger partial charge is 0.403 e. The van der Waals surface area contributed by atoms with Crippen LogP contribution in [0.15, 0.2) is 72.8 Å². The van der Waals surface area contributed by atoms with Gasteiger partial charge in [0.1, 0.15) is 0 Å². The number of hydrogen-bond donors (Lipinski definition) is 0. The number of aromatic nitrogens is 2. The first kappa shape index (κ1) is 17.5. The average Bonchev–Trinajstić information content (AvgIpc) is 3.51. The van der Waals surface area contributed by atoms with Gasteiger partial charge in [0, 0.05) is 29.4 Å². The van der Waals surface area contributed by atoms with E-state index in [0.717, 1.165) is 29.4 Å². The van der Waals surface area contributed by atoms with Crippen LogP contribution in [-0.2, 0) is 11.1 Å². The van der Waals surface area contributed by atoms with Crippen molar-refractivity contribution in [3.8, 4) is 11.8 Å². The largest absolute Gasteiger partial charge is 0.854 e. The van der Waals surface area contributed by atoms with Crippen LogP contribution in [0.2, 0.25) is 0 Å². The third-order valence-electron chi connectivity index (χ3n) is 6.72. The summed E-state index contributed by atoms with van der Waals surface area (Å²) in [5, 5.41) is 18.8. The Hall–Kier alpha value is -3.40. The second kappa shape index (κ2) is 5.82. The minimum Gasteiger partial charge on any atom is -0.854 e. The van der Waals surface area contributed by atoms with E-state index in [1.807, 2.05) is 28.9 Å². The van der Waals surface area contributed by atoms with Gasteiger partial charge in [-0.25, -0.2) is 0 Å². The molecule has 2 aliphatic rings. The molecule has 0 amide bonds. The molecule has 0 unspecified atom stereocenters. The van der Waals surface area contributed by atoms with Crippen molar-refractivity contribution in [2.45, 2.75) is 37.8 Å². The Balaban J connectivity index is 1.69. The first-order valence-corrected chi connectivity index (χ1v) is 10.4. The van der Waals surface area contributed by atoms with Crippen LogP contribution in [0.4, 0.5) is 0 Å². The summed E-state index contributed by atoms with van der Waals surface area (Å²) >= 11 is 0. The fourth-order valence-electron chi connectivity index (χ4n) is 5.02. The predicted octanol–water partition coefficient (Wildman–Crippen LogP) is 4.04. The van der Waals surface area contributed by atoms with Crippen molar-refractivity contribution in [2.24, 2.45) is 0 Å². The highest BCUT2D eigenvalue weighted by Crippen LogP contribution is 2.62. The number of aryl methyl sites for hydroxylation is 2. The highest BCUT2D eigenvalue weighted by Gasteiger charge is 2.78. The van der Waals surface area contributed by atoms with Crippen molar-refractivity contribution in [1.82, 2.24) is 5.10 Å². The van der Waals surface area contributed by atoms with Gasteiger partial charge >= 0.3 is 5.88 Å². The van der Waals surface area contributed by atoms with Crippen LogP contribution in [0.5, 0.6) is 11.8 Å². The average molecular weight is 394 g/mol. The number of hydrogen-bond acceptors (Lipinski definition) is 3. The SMILES string of the molecule is Cc1ccc(C2(c3ccc(C)cc3)Oc3c4ccccc4c([O-])n[n+]3C23CC3)cc1. The first-order chi connectivity index (χ1) is 14.5. The summed E-state index contributed by atoms with van der Waals surface area (Å²) in [7, 11) is 0. The molecule has 1 aliphatic heterocycles. The molecule has 0 atom stereocenters. The predicted molar refractivity (Wildman–Crippen MR) is 112 cm³/mol. The fraction of sp³-hybridized carbons (Fsp3) is 0.231. The molecular weight excluding hydrogens is 372 g/mol. The lowest BCUT2D eigenvalue weighted by atomic mass is 9.78. The number of benzene rings is 3. The van der Waals surface area contributed by atoms with Gasteiger partial charge in [-0.1, -0.05) is 77.9 Å². The van der Waals surface area contributed by atoms with Crippen molar-refractivity contribution in [3.63, 3.8) is 0 Å². The summed E-state index contributed by atoms with van der Waals surface area (Å²) < 4.78 is 8.84. The molecule has 0 radical (unpaired) electrons. The Labute approximate surface area is 175 Å². The van der Waals surface area contributed by atoms with Crippen molar-refractivity contribution >= 4 is 10.8 Å². The third-order valence-corrected chi connectivity index (χ3v) is 6.72. The summed E-state index contributed by atoms with van der Waals surface area (Å²) in [5.74, 6) is 0.483. The maximum absolute atomic E-state index is 12.8. The van der Waals surface area contributed by atoms with Gasteiger partial charge < -0.3 is 9.84 Å². The Morgan fingerprint density at radius 3 is 1.87 bits per heavy atom. The maximum atomic E-state index is 12.8. The van der Waals surface area contributed by atoms with E-state index in [9.17, 15) is 5.11 Å². The zero-order valence-corrected chi connectivity index (χ0v) is 17.1. The summed E-state index contributed by atoms with van der Waals surface area (Å²) in [6.07, 6.45) is 1.83. The monoisotopic (exact) mass is 394 g/mol. The van der Waals surface area contributed by atoms with E-state index in [1.165, 1.54) is 11.1 Å². The molecule has 1 aromatic heterocycles. The Kier molecular flexibility index (Phi) is 3.39. The first-order valence-electron chi connectivity index (χ1n) is 10.4. The van der Waals surface area contributed by atoms with Crippen molar-refractivity contribution in [3.05, 3.63) is 95.1 Å². The summed E-state index contributed by atoms with van der Waals surface area (Å²) in [6, 6.07) is 24.7. The van der Waals surface area contributed by atoms with Gasteiger partial charge in [0.2, 0.25) is 11.1 Å². The molecule has 4 heteroatoms. The molecule has 1 fully saturated rings. The highest BCUT2D eigenvalue weighted by molar-refractivity contribution is 5.89. The molecule has 0 saturated heterocycles. The van der Waals surface area contributed by atoms with E-state index in [0.29, 0.717) is 11.3 Å². The lowest BCUT2D eigenvalue weighted by molar-refractivity contribution is -0.783. The van der Waals surface area contributed by atoms with Crippen molar-refractivity contribution < 1.29 is 14.5 Å². The molecule has 0 N–H and O–H groups in total. The topological polar surface area (TPSA) is 49.1 Å². The molecular formula is C26H22N2O2. The Bertz CT molecular complexity index is 1240. The minimum absolute atomic E-state index is 0.201. The molecule has 2 heterocycles. The van der Waals surface area contributed by atoms with E-state index < -0.39 is 11.1 Å². The van der Waals surface area contributed by atoms with Crippen molar-refractivity contribution in [1.29, 1.82) is 0 Å². The van der Waals surface area contributed by atoms with E-state index >= 15 is 0 Å². The highest BCUT2D eigenvalue weighted by atomic mass is 16.5. The van der Waals surface area contributed by atoms with Gasteiger partial charge in [-0.15, -0.1) is 0 Å². The standard InChI is InChI=1S/C26H22N2O2/c1-17-7-11-19(12-8-17)26(20-13-9-18(2)10-14-20)25(15-16-25)28-24(30-26)22-6-4-3-5-21(22)23(29)27-28/h3-14H,15-16H2,1-2H3. The van der Waals surface area contributed by atoms with Gasteiger partial charge in [-0.3, -0.25) is 0 Å². The van der Waals surface area contributed by atoms with Crippen molar-refractivity contribution in [2.75, 3.05) is 0 Å². The lowest BCUT2D eigenvalue weighted by Crippen LogP contribution is -2.56. The molecule has 1 spiro atoms. The second-order valence-electron chi connectivity index (χ2n) is 8.61. The zero-order valence-electron chi connectivity index (χ0n) is 17.1. The Morgan fingerprint density at radius 2 is 1.33 bits per heavy atom. The molecule has 148 valence electrons. The summed E-state index contributed by atoms with van der Waals surface area (Å²) in [5.41, 5.74) is 3.49. The molecule has 4 nitrogen and oxygen atoms in total. The van der Waals surface area contributed by atoms with Crippen LogP contribution in [0.1, 0.15) is 35.1 Å². The van der Waals surface area contributed by atoms with Gasteiger partial charge in [0.15, 0.2) is 0 Å². The summed E-state index contributed by atoms with van der Waals surface area (Å²) in [4.78, 5) is 0. The number of nitrogens with zero attached hydrogens (tertiary/aromatic N) is 2. The van der Waals surface area contributed by atoms with Crippen LogP contribution < -0.4 is 14.5 Å². The molecule has 30 heavy (non-hydrogen) atoms. The second-order valence-corrected chi connectivity index (χ2v) is 8.61. The maximum Gasteiger partial charge on any atom is 0.403 e. The summed E-state index contributed by atoms with van der Waals surface area (Å²) in [6.45, 7) is 4.18. The van der Waals surface area contributed by atoms with Gasteiger partial charge in [0.05, 0.1) is 11.3 Å². The van der Waals surface area contributed by atoms with Gasteiger partial charge in [-0.05, 0) is 29.7 Å². The van der Waals surface area contributed by atoms with E-state index in [-0.39, 0.29) is 5.88 Å². The van der Waals surface area contributed by atoms with Crippen LogP contribution in [0.25, 0.3) is 10.8 Å². The van der Waals surface area contributed by atoms with Crippen LogP contribution in [-0.4, -0.2) is 5.10 Å².